The first-order valence-corrected chi connectivity index (χ1v) is 9.39. The maximum absolute atomic E-state index is 6.61. The van der Waals surface area contributed by atoms with Gasteiger partial charge in [-0.1, -0.05) is 6.07 Å². The summed E-state index contributed by atoms with van der Waals surface area (Å²) in [4.78, 5) is 0. The van der Waals surface area contributed by atoms with Gasteiger partial charge in [0.15, 0.2) is 11.5 Å². The third-order valence-corrected chi connectivity index (χ3v) is 5.69. The lowest BCUT2D eigenvalue weighted by Crippen LogP contribution is -2.00. The van der Waals surface area contributed by atoms with Crippen molar-refractivity contribution in [3.63, 3.8) is 0 Å². The maximum atomic E-state index is 6.61. The molecule has 0 aliphatic rings. The predicted molar refractivity (Wildman–Crippen MR) is 96.2 cm³/mol. The van der Waals surface area contributed by atoms with E-state index >= 15 is 0 Å². The van der Waals surface area contributed by atoms with Crippen LogP contribution < -0.4 is 9.47 Å². The molecule has 1 heterocycles. The zero-order valence-corrected chi connectivity index (χ0v) is 16.4. The van der Waals surface area contributed by atoms with Crippen molar-refractivity contribution in [3.05, 3.63) is 43.0 Å². The van der Waals surface area contributed by atoms with Crippen molar-refractivity contribution in [1.82, 2.24) is 0 Å². The normalized spacial score (nSPS) is 12.2. The highest BCUT2D eigenvalue weighted by Crippen LogP contribution is 2.42. The fourth-order valence-electron chi connectivity index (χ4n) is 1.93. The van der Waals surface area contributed by atoms with Gasteiger partial charge in [0.25, 0.3) is 0 Å². The van der Waals surface area contributed by atoms with Crippen LogP contribution in [0, 0.1) is 0 Å². The number of hydrogen-bond donors (Lipinski definition) is 0. The molecule has 2 nitrogen and oxygen atoms in total. The van der Waals surface area contributed by atoms with Crippen LogP contribution in [0.4, 0.5) is 0 Å². The van der Waals surface area contributed by atoms with Crippen LogP contribution in [-0.2, 0) is 0 Å². The molecule has 0 amide bonds. The molecule has 2 aromatic rings. The largest absolute Gasteiger partial charge is 0.490 e. The Labute approximate surface area is 150 Å². The molecule has 21 heavy (non-hydrogen) atoms. The van der Waals surface area contributed by atoms with Crippen molar-refractivity contribution in [2.45, 2.75) is 19.2 Å². The van der Waals surface area contributed by atoms with Crippen LogP contribution in [-0.4, -0.2) is 13.2 Å². The van der Waals surface area contributed by atoms with Crippen molar-refractivity contribution in [2.24, 2.45) is 0 Å². The van der Waals surface area contributed by atoms with Crippen LogP contribution in [0.5, 0.6) is 11.5 Å². The average Bonchev–Trinajstić information content (AvgIpc) is 2.79. The van der Waals surface area contributed by atoms with Crippen LogP contribution in [0.15, 0.2) is 31.8 Å². The fourth-order valence-corrected chi connectivity index (χ4v) is 5.34. The molecule has 1 atom stereocenters. The Bertz CT molecular complexity index is 616. The Morgan fingerprint density at radius 3 is 2.33 bits per heavy atom. The van der Waals surface area contributed by atoms with Crippen LogP contribution in [0.3, 0.4) is 0 Å². The second-order valence-electron chi connectivity index (χ2n) is 4.21. The minimum absolute atomic E-state index is 0.239. The summed E-state index contributed by atoms with van der Waals surface area (Å²) in [7, 11) is 0. The number of rotatable bonds is 6. The molecule has 0 bridgehead atoms. The van der Waals surface area contributed by atoms with Gasteiger partial charge in [-0.25, -0.2) is 0 Å². The second kappa shape index (κ2) is 7.86. The minimum Gasteiger partial charge on any atom is -0.490 e. The molecule has 1 aromatic heterocycles. The summed E-state index contributed by atoms with van der Waals surface area (Å²) in [5.41, 5.74) is 2.02. The van der Waals surface area contributed by atoms with E-state index in [1.807, 2.05) is 38.1 Å². The average molecular weight is 455 g/mol. The van der Waals surface area contributed by atoms with Crippen molar-refractivity contribution in [3.8, 4) is 11.5 Å². The molecule has 0 aliphatic carbocycles. The summed E-state index contributed by atoms with van der Waals surface area (Å²) in [6.45, 7) is 5.10. The summed E-state index contributed by atoms with van der Waals surface area (Å²) in [5.74, 6) is 1.48. The van der Waals surface area contributed by atoms with E-state index in [1.165, 1.54) is 0 Å². The molecular weight excluding hydrogens is 439 g/mol. The molecule has 1 unspecified atom stereocenters. The van der Waals surface area contributed by atoms with Gasteiger partial charge in [-0.3, -0.25) is 0 Å². The van der Waals surface area contributed by atoms with E-state index in [9.17, 15) is 0 Å². The topological polar surface area (TPSA) is 18.5 Å². The molecule has 6 heteroatoms. The van der Waals surface area contributed by atoms with Gasteiger partial charge < -0.3 is 9.47 Å². The van der Waals surface area contributed by atoms with E-state index in [1.54, 1.807) is 11.3 Å². The second-order valence-corrected chi connectivity index (χ2v) is 8.40. The van der Waals surface area contributed by atoms with Gasteiger partial charge in [0.2, 0.25) is 0 Å². The predicted octanol–water partition coefficient (Wildman–Crippen LogP) is 6.40. The molecule has 114 valence electrons. The summed E-state index contributed by atoms with van der Waals surface area (Å²) >= 11 is 15.3. The highest BCUT2D eigenvalue weighted by atomic mass is 79.9. The number of alkyl halides is 1. The third kappa shape index (κ3) is 4.15. The fraction of sp³-hybridized carbons (Fsp3) is 0.333. The lowest BCUT2D eigenvalue weighted by molar-refractivity contribution is 0.287. The van der Waals surface area contributed by atoms with Gasteiger partial charge >= 0.3 is 0 Å². The van der Waals surface area contributed by atoms with Crippen molar-refractivity contribution in [2.75, 3.05) is 13.2 Å². The molecule has 0 saturated carbocycles. The molecule has 0 N–H and O–H groups in total. The number of thiophene rings is 1. The first kappa shape index (κ1) is 17.1. The molecular formula is C15H15Br2ClO2S. The molecule has 2 rings (SSSR count). The monoisotopic (exact) mass is 452 g/mol. The van der Waals surface area contributed by atoms with Crippen LogP contribution in [0.1, 0.15) is 30.4 Å². The van der Waals surface area contributed by atoms with E-state index in [0.29, 0.717) is 13.2 Å². The summed E-state index contributed by atoms with van der Waals surface area (Å²) in [6.07, 6.45) is 0. The quantitative estimate of drug-likeness (QED) is 0.470. The Hall–Kier alpha value is -0.230. The highest BCUT2D eigenvalue weighted by molar-refractivity contribution is 9.12. The van der Waals surface area contributed by atoms with Gasteiger partial charge in [0, 0.05) is 5.56 Å². The summed E-state index contributed by atoms with van der Waals surface area (Å²) in [6, 6.07) is 7.87. The van der Waals surface area contributed by atoms with E-state index in [0.717, 1.165) is 30.2 Å². The van der Waals surface area contributed by atoms with Gasteiger partial charge in [-0.15, -0.1) is 22.9 Å². The SMILES string of the molecule is CCOc1ccc(C(Cl)c2cc(Br)sc2Br)cc1OCC. The molecule has 0 spiro atoms. The first-order chi connectivity index (χ1) is 10.1. The van der Waals surface area contributed by atoms with Gasteiger partial charge in [-0.2, -0.15) is 0 Å². The standard InChI is InChI=1S/C15H15Br2ClO2S/c1-3-19-11-6-5-9(7-12(11)20-4-2)14(18)10-8-13(16)21-15(10)17/h5-8,14H,3-4H2,1-2H3. The molecule has 0 radical (unpaired) electrons. The van der Waals surface area contributed by atoms with Crippen molar-refractivity contribution in [1.29, 1.82) is 0 Å². The van der Waals surface area contributed by atoms with Gasteiger partial charge in [0.05, 0.1) is 26.2 Å². The minimum atomic E-state index is -0.239. The Balaban J connectivity index is 2.35. The zero-order valence-electron chi connectivity index (χ0n) is 11.7. The lowest BCUT2D eigenvalue weighted by Gasteiger charge is -2.15. The van der Waals surface area contributed by atoms with Crippen molar-refractivity contribution >= 4 is 54.8 Å². The Morgan fingerprint density at radius 2 is 1.76 bits per heavy atom. The van der Waals surface area contributed by atoms with E-state index in [2.05, 4.69) is 31.9 Å². The number of halogens is 3. The molecule has 0 saturated heterocycles. The molecule has 0 aliphatic heterocycles. The summed E-state index contributed by atoms with van der Waals surface area (Å²) in [5, 5.41) is -0.239. The lowest BCUT2D eigenvalue weighted by atomic mass is 10.1. The maximum Gasteiger partial charge on any atom is 0.161 e. The highest BCUT2D eigenvalue weighted by Gasteiger charge is 2.18. The van der Waals surface area contributed by atoms with E-state index in [4.69, 9.17) is 21.1 Å². The van der Waals surface area contributed by atoms with E-state index < -0.39 is 0 Å². The summed E-state index contributed by atoms with van der Waals surface area (Å²) < 4.78 is 13.3. The zero-order chi connectivity index (χ0) is 15.4. The first-order valence-electron chi connectivity index (χ1n) is 6.55. The van der Waals surface area contributed by atoms with Crippen LogP contribution in [0.2, 0.25) is 0 Å². The molecule has 1 aromatic carbocycles. The van der Waals surface area contributed by atoms with Gasteiger partial charge in [0.1, 0.15) is 0 Å². The van der Waals surface area contributed by atoms with Crippen LogP contribution >= 0.6 is 54.8 Å². The number of benzene rings is 1. The number of hydrogen-bond acceptors (Lipinski definition) is 3. The number of ether oxygens (including phenoxy) is 2. The Morgan fingerprint density at radius 1 is 1.10 bits per heavy atom. The Kier molecular flexibility index (Phi) is 6.41. The van der Waals surface area contributed by atoms with E-state index in [-0.39, 0.29) is 5.38 Å². The van der Waals surface area contributed by atoms with Crippen molar-refractivity contribution < 1.29 is 9.47 Å². The third-order valence-electron chi connectivity index (χ3n) is 2.82. The van der Waals surface area contributed by atoms with Gasteiger partial charge in [-0.05, 0) is 69.5 Å². The van der Waals surface area contributed by atoms with Crippen LogP contribution in [0.25, 0.3) is 0 Å². The molecule has 0 fully saturated rings. The smallest absolute Gasteiger partial charge is 0.161 e.